The topological polar surface area (TPSA) is 17.1 Å². The second-order valence-corrected chi connectivity index (χ2v) is 6.19. The number of ketones is 1. The van der Waals surface area contributed by atoms with E-state index in [0.29, 0.717) is 17.6 Å². The second-order valence-electron chi connectivity index (χ2n) is 6.19. The highest BCUT2D eigenvalue weighted by Gasteiger charge is 2.38. The van der Waals surface area contributed by atoms with Gasteiger partial charge in [-0.2, -0.15) is 0 Å². The number of rotatable bonds is 0. The Labute approximate surface area is 119 Å². The predicted octanol–water partition coefficient (Wildman–Crippen LogP) is 4.57. The first-order chi connectivity index (χ1) is 9.75. The average molecular weight is 262 g/mol. The van der Waals surface area contributed by atoms with E-state index in [-0.39, 0.29) is 5.92 Å². The van der Waals surface area contributed by atoms with Crippen LogP contribution in [-0.2, 0) is 4.79 Å². The zero-order chi connectivity index (χ0) is 13.7. The summed E-state index contributed by atoms with van der Waals surface area (Å²) in [7, 11) is 0. The Hall–Kier alpha value is -1.89. The van der Waals surface area contributed by atoms with E-state index in [2.05, 4.69) is 55.5 Å². The molecule has 0 N–H and O–H groups in total. The Morgan fingerprint density at radius 3 is 2.85 bits per heavy atom. The first-order valence-electron chi connectivity index (χ1n) is 7.48. The van der Waals surface area contributed by atoms with Crippen molar-refractivity contribution in [1.82, 2.24) is 0 Å². The molecule has 2 aliphatic rings. The highest BCUT2D eigenvalue weighted by Crippen LogP contribution is 2.45. The van der Waals surface area contributed by atoms with Gasteiger partial charge in [-0.1, -0.05) is 55.5 Å². The molecule has 0 heterocycles. The normalized spacial score (nSPS) is 28.2. The van der Waals surface area contributed by atoms with Gasteiger partial charge in [-0.15, -0.1) is 0 Å². The third-order valence-electron chi connectivity index (χ3n) is 5.06. The van der Waals surface area contributed by atoms with Crippen LogP contribution in [0.5, 0.6) is 0 Å². The molecule has 1 heteroatoms. The lowest BCUT2D eigenvalue weighted by Crippen LogP contribution is -2.32. The summed E-state index contributed by atoms with van der Waals surface area (Å²) in [5.41, 5.74) is 2.50. The van der Waals surface area contributed by atoms with Gasteiger partial charge in [0.05, 0.1) is 0 Å². The van der Waals surface area contributed by atoms with Crippen molar-refractivity contribution in [2.24, 2.45) is 11.8 Å². The van der Waals surface area contributed by atoms with E-state index in [0.717, 1.165) is 12.8 Å². The maximum atomic E-state index is 12.4. The summed E-state index contributed by atoms with van der Waals surface area (Å²) in [6.07, 6.45) is 6.30. The molecular formula is C19H18O. The molecule has 3 unspecified atom stereocenters. The minimum atomic E-state index is 0.0864. The number of benzene rings is 2. The largest absolute Gasteiger partial charge is 0.299 e. The van der Waals surface area contributed by atoms with Crippen LogP contribution < -0.4 is 0 Å². The van der Waals surface area contributed by atoms with E-state index in [1.165, 1.54) is 21.9 Å². The zero-order valence-electron chi connectivity index (χ0n) is 11.7. The van der Waals surface area contributed by atoms with E-state index < -0.39 is 0 Å². The summed E-state index contributed by atoms with van der Waals surface area (Å²) in [6.45, 7) is 2.28. The van der Waals surface area contributed by atoms with Crippen LogP contribution in [0.3, 0.4) is 0 Å². The van der Waals surface area contributed by atoms with Gasteiger partial charge in [0, 0.05) is 12.3 Å². The van der Waals surface area contributed by atoms with Crippen molar-refractivity contribution in [3.05, 3.63) is 53.6 Å². The van der Waals surface area contributed by atoms with Crippen molar-refractivity contribution in [3.63, 3.8) is 0 Å². The lowest BCUT2D eigenvalue weighted by Gasteiger charge is -2.37. The smallest absolute Gasteiger partial charge is 0.140 e. The van der Waals surface area contributed by atoms with E-state index >= 15 is 0 Å². The molecule has 0 aromatic heterocycles. The van der Waals surface area contributed by atoms with Gasteiger partial charge in [0.15, 0.2) is 0 Å². The number of fused-ring (bicyclic) bond motifs is 5. The van der Waals surface area contributed by atoms with Crippen molar-refractivity contribution in [3.8, 4) is 0 Å². The molecule has 2 aromatic carbocycles. The van der Waals surface area contributed by atoms with Gasteiger partial charge < -0.3 is 0 Å². The SMILES string of the molecule is CC1CCC(=O)C2c3ccc4ccccc4c3C=CC12. The minimum Gasteiger partial charge on any atom is -0.299 e. The van der Waals surface area contributed by atoms with Crippen LogP contribution in [0.4, 0.5) is 0 Å². The quantitative estimate of drug-likeness (QED) is 0.680. The van der Waals surface area contributed by atoms with E-state index in [1.54, 1.807) is 0 Å². The summed E-state index contributed by atoms with van der Waals surface area (Å²) in [5.74, 6) is 1.51. The lowest BCUT2D eigenvalue weighted by molar-refractivity contribution is -0.123. The molecule has 3 atom stereocenters. The molecule has 0 bridgehead atoms. The van der Waals surface area contributed by atoms with E-state index in [1.807, 2.05) is 0 Å². The molecule has 0 saturated heterocycles. The van der Waals surface area contributed by atoms with Crippen LogP contribution in [-0.4, -0.2) is 5.78 Å². The molecule has 0 radical (unpaired) electrons. The van der Waals surface area contributed by atoms with Crippen LogP contribution in [0.25, 0.3) is 16.8 Å². The maximum Gasteiger partial charge on any atom is 0.140 e. The number of hydrogen-bond acceptors (Lipinski definition) is 1. The first kappa shape index (κ1) is 11.9. The van der Waals surface area contributed by atoms with Crippen molar-refractivity contribution < 1.29 is 4.79 Å². The van der Waals surface area contributed by atoms with Crippen LogP contribution in [0.1, 0.15) is 36.8 Å². The summed E-state index contributed by atoms with van der Waals surface area (Å²) >= 11 is 0. The number of carbonyl (C=O) groups excluding carboxylic acids is 1. The summed E-state index contributed by atoms with van der Waals surface area (Å²) in [6, 6.07) is 12.8. The molecule has 2 aromatic rings. The van der Waals surface area contributed by atoms with Crippen molar-refractivity contribution in [2.45, 2.75) is 25.7 Å². The van der Waals surface area contributed by atoms with E-state index in [4.69, 9.17) is 0 Å². The number of Topliss-reactive ketones (excluding diaryl/α,β-unsaturated/α-hetero) is 1. The summed E-state index contributed by atoms with van der Waals surface area (Å²) in [4.78, 5) is 12.4. The Kier molecular flexibility index (Phi) is 2.56. The van der Waals surface area contributed by atoms with Gasteiger partial charge in [0.25, 0.3) is 0 Å². The Bertz CT molecular complexity index is 726. The monoisotopic (exact) mass is 262 g/mol. The fourth-order valence-corrected chi connectivity index (χ4v) is 3.92. The number of carbonyl (C=O) groups is 1. The van der Waals surface area contributed by atoms with Gasteiger partial charge >= 0.3 is 0 Å². The molecule has 0 spiro atoms. The summed E-state index contributed by atoms with van der Waals surface area (Å²) in [5, 5.41) is 2.52. The van der Waals surface area contributed by atoms with Crippen molar-refractivity contribution in [1.29, 1.82) is 0 Å². The average Bonchev–Trinajstić information content (AvgIpc) is 2.50. The molecule has 2 aliphatic carbocycles. The highest BCUT2D eigenvalue weighted by molar-refractivity contribution is 5.97. The molecule has 0 aliphatic heterocycles. The van der Waals surface area contributed by atoms with Crippen LogP contribution in [0, 0.1) is 11.8 Å². The molecule has 1 saturated carbocycles. The second kappa shape index (κ2) is 4.31. The molecule has 0 amide bonds. The van der Waals surface area contributed by atoms with E-state index in [9.17, 15) is 4.79 Å². The number of allylic oxidation sites excluding steroid dienone is 1. The van der Waals surface area contributed by atoms with Gasteiger partial charge in [0.2, 0.25) is 0 Å². The summed E-state index contributed by atoms with van der Waals surface area (Å²) < 4.78 is 0. The first-order valence-corrected chi connectivity index (χ1v) is 7.48. The molecule has 100 valence electrons. The molecule has 20 heavy (non-hydrogen) atoms. The van der Waals surface area contributed by atoms with Gasteiger partial charge in [0.1, 0.15) is 5.78 Å². The third kappa shape index (κ3) is 1.59. The van der Waals surface area contributed by atoms with Gasteiger partial charge in [-0.05, 0) is 40.2 Å². The number of hydrogen-bond donors (Lipinski definition) is 0. The van der Waals surface area contributed by atoms with Gasteiger partial charge in [-0.25, -0.2) is 0 Å². The fraction of sp³-hybridized carbons (Fsp3) is 0.316. The standard InChI is InChI=1S/C19H18O/c1-12-6-11-18(20)19-14(12)9-10-16-15-5-3-2-4-13(15)7-8-17(16)19/h2-5,7-10,12,14,19H,6,11H2,1H3. The highest BCUT2D eigenvalue weighted by atomic mass is 16.1. The molecule has 1 fully saturated rings. The zero-order valence-corrected chi connectivity index (χ0v) is 11.7. The Morgan fingerprint density at radius 2 is 1.95 bits per heavy atom. The van der Waals surface area contributed by atoms with Crippen molar-refractivity contribution in [2.75, 3.05) is 0 Å². The molecule has 4 rings (SSSR count). The predicted molar refractivity (Wildman–Crippen MR) is 82.6 cm³/mol. The fourth-order valence-electron chi connectivity index (χ4n) is 3.92. The van der Waals surface area contributed by atoms with Crippen LogP contribution in [0.2, 0.25) is 0 Å². The van der Waals surface area contributed by atoms with Crippen LogP contribution in [0.15, 0.2) is 42.5 Å². The maximum absolute atomic E-state index is 12.4. The lowest BCUT2D eigenvalue weighted by atomic mass is 9.66. The Morgan fingerprint density at radius 1 is 1.10 bits per heavy atom. The van der Waals surface area contributed by atoms with Crippen molar-refractivity contribution >= 4 is 22.6 Å². The molecule has 1 nitrogen and oxygen atoms in total. The third-order valence-corrected chi connectivity index (χ3v) is 5.06. The van der Waals surface area contributed by atoms with Gasteiger partial charge in [-0.3, -0.25) is 4.79 Å². The molecular weight excluding hydrogens is 244 g/mol. The Balaban J connectivity index is 1.96. The van der Waals surface area contributed by atoms with Crippen LogP contribution >= 0.6 is 0 Å². The minimum absolute atomic E-state index is 0.0864.